The van der Waals surface area contributed by atoms with E-state index in [0.717, 1.165) is 10.0 Å². The molecule has 1 heterocycles. The molecule has 2 N–H and O–H groups in total. The fourth-order valence-corrected chi connectivity index (χ4v) is 3.80. The third-order valence-corrected chi connectivity index (χ3v) is 5.79. The SMILES string of the molecule is COc1ccc(Br)c(CNn2c(C)n[nH]c2=S)c1OCc1c(Cl)cccc1Cl. The van der Waals surface area contributed by atoms with Crippen LogP contribution in [0.1, 0.15) is 17.0 Å². The van der Waals surface area contributed by atoms with Crippen LogP contribution < -0.4 is 14.9 Å². The molecule has 2 aromatic carbocycles. The average Bonchev–Trinajstić information content (AvgIpc) is 2.98. The van der Waals surface area contributed by atoms with Gasteiger partial charge < -0.3 is 14.9 Å². The molecule has 0 aliphatic rings. The lowest BCUT2D eigenvalue weighted by atomic mass is 10.1. The van der Waals surface area contributed by atoms with Crippen molar-refractivity contribution in [3.8, 4) is 11.5 Å². The second-order valence-corrected chi connectivity index (χ2v) is 7.85. The number of hydrogen-bond acceptors (Lipinski definition) is 5. The molecule has 0 saturated heterocycles. The number of methoxy groups -OCH3 is 1. The fraction of sp³-hybridized carbons (Fsp3) is 0.222. The number of halogens is 3. The fourth-order valence-electron chi connectivity index (χ4n) is 2.60. The number of H-pyrrole nitrogens is 1. The molecule has 0 aliphatic carbocycles. The monoisotopic (exact) mass is 502 g/mol. The summed E-state index contributed by atoms with van der Waals surface area (Å²) in [4.78, 5) is 0. The van der Waals surface area contributed by atoms with Crippen molar-refractivity contribution in [1.82, 2.24) is 14.9 Å². The summed E-state index contributed by atoms with van der Waals surface area (Å²) in [6, 6.07) is 9.06. The minimum Gasteiger partial charge on any atom is -0.493 e. The van der Waals surface area contributed by atoms with Crippen LogP contribution in [0.25, 0.3) is 0 Å². The first-order valence-electron chi connectivity index (χ1n) is 8.21. The molecule has 3 rings (SSSR count). The lowest BCUT2D eigenvalue weighted by Gasteiger charge is -2.18. The Kier molecular flexibility index (Phi) is 6.87. The molecular formula is C18H17BrCl2N4O2S. The molecule has 0 fully saturated rings. The van der Waals surface area contributed by atoms with E-state index in [-0.39, 0.29) is 6.61 Å². The van der Waals surface area contributed by atoms with Crippen LogP contribution in [-0.4, -0.2) is 22.0 Å². The summed E-state index contributed by atoms with van der Waals surface area (Å²) in [5.41, 5.74) is 4.79. The summed E-state index contributed by atoms with van der Waals surface area (Å²) in [6.07, 6.45) is 0. The smallest absolute Gasteiger partial charge is 0.214 e. The number of hydrogen-bond donors (Lipinski definition) is 2. The molecule has 0 bridgehead atoms. The highest BCUT2D eigenvalue weighted by Crippen LogP contribution is 2.38. The Balaban J connectivity index is 1.91. The highest BCUT2D eigenvalue weighted by molar-refractivity contribution is 9.10. The van der Waals surface area contributed by atoms with Crippen molar-refractivity contribution in [2.24, 2.45) is 0 Å². The van der Waals surface area contributed by atoms with E-state index in [0.29, 0.717) is 44.2 Å². The van der Waals surface area contributed by atoms with E-state index in [1.165, 1.54) is 0 Å². The predicted molar refractivity (Wildman–Crippen MR) is 117 cm³/mol. The van der Waals surface area contributed by atoms with Gasteiger partial charge in [-0.05, 0) is 43.4 Å². The minimum absolute atomic E-state index is 0.197. The van der Waals surface area contributed by atoms with E-state index in [1.54, 1.807) is 30.0 Å². The van der Waals surface area contributed by atoms with Crippen molar-refractivity contribution in [2.45, 2.75) is 20.1 Å². The van der Waals surface area contributed by atoms with Crippen molar-refractivity contribution < 1.29 is 9.47 Å². The second-order valence-electron chi connectivity index (χ2n) is 5.79. The Morgan fingerprint density at radius 1 is 1.21 bits per heavy atom. The van der Waals surface area contributed by atoms with Crippen LogP contribution in [0.4, 0.5) is 0 Å². The number of aromatic amines is 1. The third kappa shape index (κ3) is 4.46. The summed E-state index contributed by atoms with van der Waals surface area (Å²) in [6.45, 7) is 2.46. The first-order valence-corrected chi connectivity index (χ1v) is 10.2. The number of ether oxygens (including phenoxy) is 2. The molecule has 10 heteroatoms. The topological polar surface area (TPSA) is 64.1 Å². The maximum atomic E-state index is 6.26. The van der Waals surface area contributed by atoms with Gasteiger partial charge in [-0.1, -0.05) is 45.2 Å². The maximum absolute atomic E-state index is 6.26. The Labute approximate surface area is 185 Å². The van der Waals surface area contributed by atoms with Gasteiger partial charge >= 0.3 is 0 Å². The number of aryl methyl sites for hydroxylation is 1. The van der Waals surface area contributed by atoms with Crippen LogP contribution >= 0.6 is 51.3 Å². The molecule has 0 saturated carbocycles. The molecule has 3 aromatic rings. The molecule has 0 atom stereocenters. The first-order chi connectivity index (χ1) is 13.4. The molecular weight excluding hydrogens is 487 g/mol. The molecule has 28 heavy (non-hydrogen) atoms. The quantitative estimate of drug-likeness (QED) is 0.408. The molecule has 6 nitrogen and oxygen atoms in total. The zero-order valence-corrected chi connectivity index (χ0v) is 19.0. The average molecular weight is 504 g/mol. The Morgan fingerprint density at radius 2 is 1.93 bits per heavy atom. The molecule has 148 valence electrons. The number of rotatable bonds is 7. The molecule has 0 amide bonds. The molecule has 0 unspecified atom stereocenters. The molecule has 0 spiro atoms. The first kappa shape index (κ1) is 21.0. The van der Waals surface area contributed by atoms with E-state index < -0.39 is 0 Å². The standard InChI is InChI=1S/C18H17BrCl2N4O2S/c1-10-23-24-18(28)25(10)22-8-11-13(19)6-7-16(26-2)17(11)27-9-12-14(20)4-3-5-15(12)21/h3-7,22H,8-9H2,1-2H3,(H,24,28). The predicted octanol–water partition coefficient (Wildman–Crippen LogP) is 5.65. The number of benzene rings is 2. The van der Waals surface area contributed by atoms with Crippen molar-refractivity contribution in [3.05, 3.63) is 66.6 Å². The van der Waals surface area contributed by atoms with Gasteiger partial charge in [-0.15, -0.1) is 0 Å². The number of nitrogens with one attached hydrogen (secondary N) is 2. The highest BCUT2D eigenvalue weighted by atomic mass is 79.9. The van der Waals surface area contributed by atoms with Gasteiger partial charge in [-0.2, -0.15) is 5.10 Å². The van der Waals surface area contributed by atoms with E-state index >= 15 is 0 Å². The van der Waals surface area contributed by atoms with Crippen molar-refractivity contribution in [2.75, 3.05) is 12.5 Å². The van der Waals surface area contributed by atoms with Gasteiger partial charge in [-0.25, -0.2) is 4.68 Å². The van der Waals surface area contributed by atoms with Crippen LogP contribution in [0.3, 0.4) is 0 Å². The molecule has 0 radical (unpaired) electrons. The second kappa shape index (κ2) is 9.17. The lowest BCUT2D eigenvalue weighted by Crippen LogP contribution is -2.17. The van der Waals surface area contributed by atoms with Crippen molar-refractivity contribution in [3.63, 3.8) is 0 Å². The molecule has 0 aliphatic heterocycles. The van der Waals surface area contributed by atoms with Gasteiger partial charge in [0.1, 0.15) is 12.4 Å². The largest absolute Gasteiger partial charge is 0.493 e. The van der Waals surface area contributed by atoms with Crippen LogP contribution in [0.15, 0.2) is 34.8 Å². The highest BCUT2D eigenvalue weighted by Gasteiger charge is 2.17. The van der Waals surface area contributed by atoms with Gasteiger partial charge in [0.15, 0.2) is 11.5 Å². The van der Waals surface area contributed by atoms with Crippen molar-refractivity contribution >= 4 is 51.3 Å². The van der Waals surface area contributed by atoms with Crippen LogP contribution in [0, 0.1) is 11.7 Å². The van der Waals surface area contributed by atoms with Crippen LogP contribution in [-0.2, 0) is 13.2 Å². The Bertz CT molecular complexity index is 1030. The van der Waals surface area contributed by atoms with Crippen molar-refractivity contribution in [1.29, 1.82) is 0 Å². The van der Waals surface area contributed by atoms with Crippen LogP contribution in [0.2, 0.25) is 10.0 Å². The third-order valence-electron chi connectivity index (χ3n) is 4.06. The maximum Gasteiger partial charge on any atom is 0.214 e. The zero-order chi connectivity index (χ0) is 20.3. The Morgan fingerprint density at radius 3 is 2.54 bits per heavy atom. The van der Waals surface area contributed by atoms with Gasteiger partial charge in [0, 0.05) is 25.6 Å². The normalized spacial score (nSPS) is 10.8. The summed E-state index contributed by atoms with van der Waals surface area (Å²) in [5.74, 6) is 1.89. The van der Waals surface area contributed by atoms with Gasteiger partial charge in [-0.3, -0.25) is 5.10 Å². The summed E-state index contributed by atoms with van der Waals surface area (Å²) >= 11 is 21.3. The summed E-state index contributed by atoms with van der Waals surface area (Å²) < 4.78 is 14.6. The number of aromatic nitrogens is 3. The molecule has 1 aromatic heterocycles. The van der Waals surface area contributed by atoms with Gasteiger partial charge in [0.05, 0.1) is 13.7 Å². The van der Waals surface area contributed by atoms with Gasteiger partial charge in [0.2, 0.25) is 4.77 Å². The van der Waals surface area contributed by atoms with E-state index in [9.17, 15) is 0 Å². The number of nitrogens with zero attached hydrogens (tertiary/aromatic N) is 2. The van der Waals surface area contributed by atoms with E-state index in [1.807, 2.05) is 19.1 Å². The van der Waals surface area contributed by atoms with Gasteiger partial charge in [0.25, 0.3) is 0 Å². The van der Waals surface area contributed by atoms with Crippen LogP contribution in [0.5, 0.6) is 11.5 Å². The van der Waals surface area contributed by atoms with E-state index in [4.69, 9.17) is 44.9 Å². The minimum atomic E-state index is 0.197. The van der Waals surface area contributed by atoms with E-state index in [2.05, 4.69) is 31.6 Å². The summed E-state index contributed by atoms with van der Waals surface area (Å²) in [5, 5.41) is 7.92. The zero-order valence-electron chi connectivity index (χ0n) is 15.1. The Hall–Kier alpha value is -1.74. The summed E-state index contributed by atoms with van der Waals surface area (Å²) in [7, 11) is 1.59. The lowest BCUT2D eigenvalue weighted by molar-refractivity contribution is 0.281.